The molecular formula is C13H27N. The van der Waals surface area contributed by atoms with E-state index in [-0.39, 0.29) is 0 Å². The fraction of sp³-hybridized carbons (Fsp3) is 1.00. The lowest BCUT2D eigenvalue weighted by Crippen LogP contribution is -2.36. The summed E-state index contributed by atoms with van der Waals surface area (Å²) in [6.45, 7) is 4.60. The quantitative estimate of drug-likeness (QED) is 0.668. The summed E-state index contributed by atoms with van der Waals surface area (Å²) in [6.07, 6.45) is 10.9. The van der Waals surface area contributed by atoms with Gasteiger partial charge in [-0.1, -0.05) is 39.5 Å². The molecule has 0 bridgehead atoms. The zero-order chi connectivity index (χ0) is 10.4. The smallest absolute Gasteiger partial charge is 0.00673 e. The predicted octanol–water partition coefficient (Wildman–Crippen LogP) is 3.72. The molecule has 0 aromatic carbocycles. The van der Waals surface area contributed by atoms with Gasteiger partial charge in [0.05, 0.1) is 0 Å². The van der Waals surface area contributed by atoms with Gasteiger partial charge in [-0.2, -0.15) is 0 Å². The molecule has 1 fully saturated rings. The van der Waals surface area contributed by atoms with Crippen LogP contribution in [0.25, 0.3) is 0 Å². The van der Waals surface area contributed by atoms with Crippen LogP contribution in [-0.4, -0.2) is 6.04 Å². The molecule has 1 aliphatic rings. The summed E-state index contributed by atoms with van der Waals surface area (Å²) in [6, 6.07) is 0.509. The molecule has 0 aliphatic heterocycles. The molecule has 0 amide bonds. The third-order valence-electron chi connectivity index (χ3n) is 3.91. The van der Waals surface area contributed by atoms with Crippen LogP contribution in [0.3, 0.4) is 0 Å². The molecule has 1 rings (SSSR count). The molecule has 14 heavy (non-hydrogen) atoms. The molecule has 84 valence electrons. The molecule has 0 saturated heterocycles. The fourth-order valence-electron chi connectivity index (χ4n) is 2.74. The number of nitrogens with two attached hydrogens (primary N) is 1. The van der Waals surface area contributed by atoms with E-state index in [2.05, 4.69) is 13.8 Å². The Morgan fingerprint density at radius 2 is 1.93 bits per heavy atom. The molecule has 0 heterocycles. The molecule has 3 atom stereocenters. The molecule has 2 N–H and O–H groups in total. The van der Waals surface area contributed by atoms with Gasteiger partial charge in [0.1, 0.15) is 0 Å². The van der Waals surface area contributed by atoms with Gasteiger partial charge in [-0.15, -0.1) is 0 Å². The maximum absolute atomic E-state index is 6.18. The van der Waals surface area contributed by atoms with E-state index >= 15 is 0 Å². The lowest BCUT2D eigenvalue weighted by atomic mass is 9.75. The number of hydrogen-bond donors (Lipinski definition) is 1. The SMILES string of the molecule is CCCCCC1CC(CC)CCC1N. The van der Waals surface area contributed by atoms with Gasteiger partial charge in [0.25, 0.3) is 0 Å². The van der Waals surface area contributed by atoms with E-state index in [1.54, 1.807) is 0 Å². The maximum atomic E-state index is 6.18. The van der Waals surface area contributed by atoms with Crippen molar-refractivity contribution in [3.63, 3.8) is 0 Å². The average Bonchev–Trinajstić information content (AvgIpc) is 2.21. The monoisotopic (exact) mass is 197 g/mol. The average molecular weight is 197 g/mol. The molecule has 3 unspecified atom stereocenters. The summed E-state index contributed by atoms with van der Waals surface area (Å²) in [7, 11) is 0. The van der Waals surface area contributed by atoms with Gasteiger partial charge in [0.15, 0.2) is 0 Å². The summed E-state index contributed by atoms with van der Waals surface area (Å²) in [4.78, 5) is 0. The highest BCUT2D eigenvalue weighted by Gasteiger charge is 2.26. The van der Waals surface area contributed by atoms with E-state index in [0.29, 0.717) is 6.04 Å². The number of hydrogen-bond acceptors (Lipinski definition) is 1. The van der Waals surface area contributed by atoms with Crippen molar-refractivity contribution >= 4 is 0 Å². The largest absolute Gasteiger partial charge is 0.327 e. The van der Waals surface area contributed by atoms with Gasteiger partial charge in [-0.25, -0.2) is 0 Å². The van der Waals surface area contributed by atoms with E-state index in [1.807, 2.05) is 0 Å². The lowest BCUT2D eigenvalue weighted by Gasteiger charge is -2.33. The number of rotatable bonds is 5. The van der Waals surface area contributed by atoms with Crippen molar-refractivity contribution in [3.8, 4) is 0 Å². The normalized spacial score (nSPS) is 33.2. The minimum Gasteiger partial charge on any atom is -0.327 e. The Labute approximate surface area is 89.5 Å². The minimum absolute atomic E-state index is 0.509. The van der Waals surface area contributed by atoms with Gasteiger partial charge < -0.3 is 5.73 Å². The van der Waals surface area contributed by atoms with Crippen LogP contribution in [-0.2, 0) is 0 Å². The summed E-state index contributed by atoms with van der Waals surface area (Å²) >= 11 is 0. The maximum Gasteiger partial charge on any atom is 0.00673 e. The second-order valence-electron chi connectivity index (χ2n) is 5.01. The van der Waals surface area contributed by atoms with Gasteiger partial charge in [-0.05, 0) is 37.5 Å². The lowest BCUT2D eigenvalue weighted by molar-refractivity contribution is 0.214. The molecule has 1 heteroatoms. The Hall–Kier alpha value is -0.0400. The zero-order valence-electron chi connectivity index (χ0n) is 9.97. The molecule has 0 aromatic rings. The van der Waals surface area contributed by atoms with Crippen molar-refractivity contribution in [2.75, 3.05) is 0 Å². The minimum atomic E-state index is 0.509. The molecule has 0 aromatic heterocycles. The van der Waals surface area contributed by atoms with Crippen molar-refractivity contribution in [1.82, 2.24) is 0 Å². The van der Waals surface area contributed by atoms with Crippen LogP contribution in [0, 0.1) is 11.8 Å². The molecule has 0 radical (unpaired) electrons. The first-order valence-electron chi connectivity index (χ1n) is 6.53. The third-order valence-corrected chi connectivity index (χ3v) is 3.91. The molecule has 1 aliphatic carbocycles. The molecule has 0 spiro atoms. The van der Waals surface area contributed by atoms with E-state index in [1.165, 1.54) is 51.4 Å². The number of unbranched alkanes of at least 4 members (excludes halogenated alkanes) is 2. The van der Waals surface area contributed by atoms with E-state index in [9.17, 15) is 0 Å². The second kappa shape index (κ2) is 6.44. The summed E-state index contributed by atoms with van der Waals surface area (Å²) in [5.41, 5.74) is 6.18. The standard InChI is InChI=1S/C13H27N/c1-3-5-6-7-12-10-11(4-2)8-9-13(12)14/h11-13H,3-10,14H2,1-2H3. The van der Waals surface area contributed by atoms with Gasteiger partial charge in [-0.3, -0.25) is 0 Å². The first kappa shape index (κ1) is 12.0. The van der Waals surface area contributed by atoms with E-state index in [0.717, 1.165) is 11.8 Å². The summed E-state index contributed by atoms with van der Waals surface area (Å²) < 4.78 is 0. The van der Waals surface area contributed by atoms with Gasteiger partial charge in [0, 0.05) is 6.04 Å². The first-order chi connectivity index (χ1) is 6.77. The Morgan fingerprint density at radius 3 is 2.57 bits per heavy atom. The van der Waals surface area contributed by atoms with Crippen LogP contribution in [0.1, 0.15) is 65.2 Å². The van der Waals surface area contributed by atoms with Crippen LogP contribution >= 0.6 is 0 Å². The Balaban J connectivity index is 2.25. The molecule has 1 nitrogen and oxygen atoms in total. The molecule has 1 saturated carbocycles. The van der Waals surface area contributed by atoms with E-state index < -0.39 is 0 Å². The van der Waals surface area contributed by atoms with Crippen LogP contribution in [0.5, 0.6) is 0 Å². The Morgan fingerprint density at radius 1 is 1.14 bits per heavy atom. The van der Waals surface area contributed by atoms with Crippen LogP contribution < -0.4 is 5.73 Å². The van der Waals surface area contributed by atoms with Crippen LogP contribution in [0.2, 0.25) is 0 Å². The highest BCUT2D eigenvalue weighted by molar-refractivity contribution is 4.81. The van der Waals surface area contributed by atoms with Crippen LogP contribution in [0.4, 0.5) is 0 Å². The van der Waals surface area contributed by atoms with E-state index in [4.69, 9.17) is 5.73 Å². The van der Waals surface area contributed by atoms with Gasteiger partial charge in [0.2, 0.25) is 0 Å². The van der Waals surface area contributed by atoms with Crippen molar-refractivity contribution in [2.45, 2.75) is 71.3 Å². The summed E-state index contributed by atoms with van der Waals surface area (Å²) in [5, 5.41) is 0. The zero-order valence-corrected chi connectivity index (χ0v) is 9.97. The highest BCUT2D eigenvalue weighted by atomic mass is 14.7. The van der Waals surface area contributed by atoms with Crippen molar-refractivity contribution in [1.29, 1.82) is 0 Å². The van der Waals surface area contributed by atoms with Gasteiger partial charge >= 0.3 is 0 Å². The Bertz CT molecular complexity index is 144. The van der Waals surface area contributed by atoms with Crippen molar-refractivity contribution in [3.05, 3.63) is 0 Å². The topological polar surface area (TPSA) is 26.0 Å². The molecular weight excluding hydrogens is 170 g/mol. The fourth-order valence-corrected chi connectivity index (χ4v) is 2.74. The Kier molecular flexibility index (Phi) is 5.54. The van der Waals surface area contributed by atoms with Crippen molar-refractivity contribution < 1.29 is 0 Å². The third kappa shape index (κ3) is 3.61. The highest BCUT2D eigenvalue weighted by Crippen LogP contribution is 2.33. The summed E-state index contributed by atoms with van der Waals surface area (Å²) in [5.74, 6) is 1.81. The van der Waals surface area contributed by atoms with Crippen LogP contribution in [0.15, 0.2) is 0 Å². The predicted molar refractivity (Wildman–Crippen MR) is 63.2 cm³/mol. The van der Waals surface area contributed by atoms with Crippen molar-refractivity contribution in [2.24, 2.45) is 17.6 Å². The first-order valence-corrected chi connectivity index (χ1v) is 6.53. The second-order valence-corrected chi connectivity index (χ2v) is 5.01.